The number of allylic oxidation sites excluding steroid dienone is 2. The molecule has 18 heavy (non-hydrogen) atoms. The van der Waals surface area contributed by atoms with Gasteiger partial charge in [0.25, 0.3) is 0 Å². The topological polar surface area (TPSA) is 17.1 Å². The third-order valence-electron chi connectivity index (χ3n) is 3.45. The van der Waals surface area contributed by atoms with Crippen LogP contribution >= 0.6 is 37.2 Å². The molecule has 1 aliphatic carbocycles. The van der Waals surface area contributed by atoms with Crippen LogP contribution in [0.1, 0.15) is 71.1 Å². The molecule has 1 atom stereocenters. The first-order valence-electron chi connectivity index (χ1n) is 7.10. The number of Topliss-reactive ketones (excluding diaryl/α,β-unsaturated/α-hetero) is 1. The van der Waals surface area contributed by atoms with E-state index in [2.05, 4.69) is 56.3 Å². The molecule has 0 spiro atoms. The Labute approximate surface area is 136 Å². The van der Waals surface area contributed by atoms with Gasteiger partial charge in [0.15, 0.2) is 0 Å². The van der Waals surface area contributed by atoms with Crippen LogP contribution in [0.5, 0.6) is 0 Å². The molecular formula is C15H26I2O. The average molecular weight is 476 g/mol. The predicted octanol–water partition coefficient (Wildman–Crippen LogP) is 6.43. The molecule has 1 nitrogen and oxygen atoms in total. The SMILES string of the molecule is CC1C/C=C\CCCCCCCC(=O)CC1.II. The number of hydrogen-bond donors (Lipinski definition) is 0. The van der Waals surface area contributed by atoms with Crippen molar-refractivity contribution >= 4 is 43.0 Å². The molecule has 1 aliphatic rings. The molecule has 0 amide bonds. The van der Waals surface area contributed by atoms with Crippen molar-refractivity contribution in [1.29, 1.82) is 0 Å². The molecule has 0 aromatic rings. The Kier molecular flexibility index (Phi) is 15.0. The molecule has 0 radical (unpaired) electrons. The van der Waals surface area contributed by atoms with Gasteiger partial charge in [0, 0.05) is 50.1 Å². The van der Waals surface area contributed by atoms with Crippen molar-refractivity contribution in [3.63, 3.8) is 0 Å². The minimum absolute atomic E-state index is 0.480. The molecule has 0 heterocycles. The van der Waals surface area contributed by atoms with Crippen LogP contribution in [-0.4, -0.2) is 5.78 Å². The fourth-order valence-corrected chi connectivity index (χ4v) is 2.21. The van der Waals surface area contributed by atoms with Gasteiger partial charge in [0.1, 0.15) is 5.78 Å². The number of halogens is 2. The Hall–Kier alpha value is 0.870. The van der Waals surface area contributed by atoms with E-state index in [0.717, 1.165) is 32.1 Å². The highest BCUT2D eigenvalue weighted by atomic mass is 128. The minimum atomic E-state index is 0.480. The Morgan fingerprint density at radius 3 is 2.44 bits per heavy atom. The fraction of sp³-hybridized carbons (Fsp3) is 0.800. The summed E-state index contributed by atoms with van der Waals surface area (Å²) in [7, 11) is 0. The van der Waals surface area contributed by atoms with Crippen molar-refractivity contribution in [3.8, 4) is 0 Å². The maximum atomic E-state index is 11.6. The molecule has 0 fully saturated rings. The van der Waals surface area contributed by atoms with Gasteiger partial charge in [0.2, 0.25) is 0 Å². The number of carbonyl (C=O) groups excluding carboxylic acids is 1. The van der Waals surface area contributed by atoms with Gasteiger partial charge in [-0.15, -0.1) is 0 Å². The van der Waals surface area contributed by atoms with E-state index >= 15 is 0 Å². The maximum absolute atomic E-state index is 11.6. The number of carbonyl (C=O) groups is 1. The van der Waals surface area contributed by atoms with E-state index in [9.17, 15) is 4.79 Å². The minimum Gasteiger partial charge on any atom is -0.300 e. The summed E-state index contributed by atoms with van der Waals surface area (Å²) >= 11 is 4.24. The second kappa shape index (κ2) is 14.3. The van der Waals surface area contributed by atoms with Crippen molar-refractivity contribution in [2.45, 2.75) is 71.1 Å². The first-order chi connectivity index (χ1) is 8.79. The lowest BCUT2D eigenvalue weighted by atomic mass is 9.97. The second-order valence-electron chi connectivity index (χ2n) is 5.20. The van der Waals surface area contributed by atoms with E-state index in [1.165, 1.54) is 32.1 Å². The third kappa shape index (κ3) is 11.9. The van der Waals surface area contributed by atoms with E-state index in [-0.39, 0.29) is 0 Å². The standard InChI is InChI=1S/C15H26O.I2/c1-14-10-8-6-4-2-3-5-7-9-11-15(16)13-12-14;1-2/h6,8,14H,2-5,7,9-13H2,1H3;/b8-6-;. The molecule has 0 aromatic heterocycles. The Bertz CT molecular complexity index is 227. The van der Waals surface area contributed by atoms with E-state index in [1.54, 1.807) is 0 Å². The number of ketones is 1. The molecule has 0 bridgehead atoms. The van der Waals surface area contributed by atoms with Crippen LogP contribution in [0.3, 0.4) is 0 Å². The molecule has 1 rings (SSSR count). The molecule has 0 N–H and O–H groups in total. The van der Waals surface area contributed by atoms with Crippen LogP contribution in [0.2, 0.25) is 0 Å². The van der Waals surface area contributed by atoms with Crippen LogP contribution in [0.25, 0.3) is 0 Å². The highest BCUT2D eigenvalue weighted by Crippen LogP contribution is 2.15. The summed E-state index contributed by atoms with van der Waals surface area (Å²) in [6.45, 7) is 2.25. The van der Waals surface area contributed by atoms with Gasteiger partial charge in [0.05, 0.1) is 0 Å². The zero-order chi connectivity index (χ0) is 13.6. The number of hydrogen-bond acceptors (Lipinski definition) is 1. The zero-order valence-corrected chi connectivity index (χ0v) is 15.8. The van der Waals surface area contributed by atoms with Crippen LogP contribution in [0.15, 0.2) is 12.2 Å². The summed E-state index contributed by atoms with van der Waals surface area (Å²) < 4.78 is 0. The third-order valence-corrected chi connectivity index (χ3v) is 3.45. The summed E-state index contributed by atoms with van der Waals surface area (Å²) in [6.07, 6.45) is 16.0. The zero-order valence-electron chi connectivity index (χ0n) is 11.5. The lowest BCUT2D eigenvalue weighted by Crippen LogP contribution is -2.02. The van der Waals surface area contributed by atoms with Gasteiger partial charge in [-0.1, -0.05) is 38.3 Å². The highest BCUT2D eigenvalue weighted by molar-refractivity contribution is 15.0. The Morgan fingerprint density at radius 2 is 1.67 bits per heavy atom. The molecule has 0 aromatic carbocycles. The predicted molar refractivity (Wildman–Crippen MR) is 97.5 cm³/mol. The molecule has 0 aliphatic heterocycles. The quantitative estimate of drug-likeness (QED) is 0.291. The summed E-state index contributed by atoms with van der Waals surface area (Å²) in [5.41, 5.74) is 0. The van der Waals surface area contributed by atoms with Crippen molar-refractivity contribution in [1.82, 2.24) is 0 Å². The molecule has 0 saturated carbocycles. The van der Waals surface area contributed by atoms with Gasteiger partial charge < -0.3 is 0 Å². The van der Waals surface area contributed by atoms with E-state index in [1.807, 2.05) is 0 Å². The molecular weight excluding hydrogens is 450 g/mol. The van der Waals surface area contributed by atoms with Crippen LogP contribution in [0, 0.1) is 5.92 Å². The van der Waals surface area contributed by atoms with E-state index in [0.29, 0.717) is 11.7 Å². The maximum Gasteiger partial charge on any atom is 0.132 e. The first kappa shape index (κ1) is 18.9. The van der Waals surface area contributed by atoms with Gasteiger partial charge in [-0.2, -0.15) is 0 Å². The van der Waals surface area contributed by atoms with Crippen LogP contribution in [-0.2, 0) is 4.79 Å². The Balaban J connectivity index is 0.00000137. The lowest BCUT2D eigenvalue weighted by Gasteiger charge is -2.08. The molecule has 3 heteroatoms. The van der Waals surface area contributed by atoms with Gasteiger partial charge in [-0.3, -0.25) is 4.79 Å². The summed E-state index contributed by atoms with van der Waals surface area (Å²) in [5, 5.41) is 0. The lowest BCUT2D eigenvalue weighted by molar-refractivity contribution is -0.119. The second-order valence-corrected chi connectivity index (χ2v) is 5.20. The normalized spacial score (nSPS) is 25.5. The van der Waals surface area contributed by atoms with Crippen molar-refractivity contribution < 1.29 is 4.79 Å². The van der Waals surface area contributed by atoms with Crippen molar-refractivity contribution in [2.24, 2.45) is 5.92 Å². The fourth-order valence-electron chi connectivity index (χ4n) is 2.21. The van der Waals surface area contributed by atoms with Crippen LogP contribution < -0.4 is 0 Å². The average Bonchev–Trinajstić information content (AvgIpc) is 2.40. The highest BCUT2D eigenvalue weighted by Gasteiger charge is 2.06. The van der Waals surface area contributed by atoms with Gasteiger partial charge in [-0.25, -0.2) is 0 Å². The molecule has 1 unspecified atom stereocenters. The first-order valence-corrected chi connectivity index (χ1v) is 13.4. The summed E-state index contributed by atoms with van der Waals surface area (Å²) in [6, 6.07) is 0. The largest absolute Gasteiger partial charge is 0.300 e. The molecule has 0 saturated heterocycles. The summed E-state index contributed by atoms with van der Waals surface area (Å²) in [4.78, 5) is 11.6. The monoisotopic (exact) mass is 476 g/mol. The van der Waals surface area contributed by atoms with Crippen LogP contribution in [0.4, 0.5) is 0 Å². The van der Waals surface area contributed by atoms with Crippen molar-refractivity contribution in [2.75, 3.05) is 0 Å². The van der Waals surface area contributed by atoms with Gasteiger partial charge >= 0.3 is 0 Å². The van der Waals surface area contributed by atoms with Crippen molar-refractivity contribution in [3.05, 3.63) is 12.2 Å². The number of rotatable bonds is 0. The smallest absolute Gasteiger partial charge is 0.132 e. The van der Waals surface area contributed by atoms with Gasteiger partial charge in [-0.05, 0) is 38.0 Å². The van der Waals surface area contributed by atoms with E-state index < -0.39 is 0 Å². The molecule has 106 valence electrons. The Morgan fingerprint density at radius 1 is 1.00 bits per heavy atom. The summed E-state index contributed by atoms with van der Waals surface area (Å²) in [5.74, 6) is 1.15. The van der Waals surface area contributed by atoms with E-state index in [4.69, 9.17) is 0 Å².